The van der Waals surface area contributed by atoms with Gasteiger partial charge in [-0.25, -0.2) is 0 Å². The highest BCUT2D eigenvalue weighted by molar-refractivity contribution is 7.99. The molecule has 1 aromatic rings. The van der Waals surface area contributed by atoms with Gasteiger partial charge in [-0.1, -0.05) is 18.2 Å². The van der Waals surface area contributed by atoms with E-state index in [9.17, 15) is 10.1 Å². The maximum atomic E-state index is 10.5. The molecular formula is C9H7NO2S. The summed E-state index contributed by atoms with van der Waals surface area (Å²) in [6.07, 6.45) is 1.64. The Morgan fingerprint density at radius 3 is 2.92 bits per heavy atom. The second kappa shape index (κ2) is 3.22. The Labute approximate surface area is 79.6 Å². The van der Waals surface area contributed by atoms with Crippen LogP contribution < -0.4 is 0 Å². The summed E-state index contributed by atoms with van der Waals surface area (Å²) in [7, 11) is 0. The SMILES string of the molecule is O=[N+]([O-])C1=Cc2ccccc2SC1. The number of hydrogen-bond acceptors (Lipinski definition) is 3. The molecule has 1 heterocycles. The number of nitro groups is 1. The second-order valence-electron chi connectivity index (χ2n) is 2.72. The lowest BCUT2D eigenvalue weighted by molar-refractivity contribution is -0.421. The number of nitrogens with zero attached hydrogens (tertiary/aromatic N) is 1. The minimum atomic E-state index is -0.317. The first-order valence-electron chi connectivity index (χ1n) is 3.84. The Balaban J connectivity index is 2.44. The van der Waals surface area contributed by atoms with Crippen LogP contribution >= 0.6 is 11.8 Å². The summed E-state index contributed by atoms with van der Waals surface area (Å²) < 4.78 is 0. The Bertz CT molecular complexity index is 387. The first kappa shape index (κ1) is 8.31. The number of rotatable bonds is 1. The number of fused-ring (bicyclic) bond motifs is 1. The molecule has 0 saturated heterocycles. The Morgan fingerprint density at radius 1 is 1.38 bits per heavy atom. The molecule has 0 saturated carbocycles. The van der Waals surface area contributed by atoms with Crippen LogP contribution in [0.3, 0.4) is 0 Å². The van der Waals surface area contributed by atoms with Crippen molar-refractivity contribution < 1.29 is 4.92 Å². The maximum Gasteiger partial charge on any atom is 0.257 e. The van der Waals surface area contributed by atoms with Gasteiger partial charge in [0.2, 0.25) is 0 Å². The molecule has 0 bridgehead atoms. The third kappa shape index (κ3) is 1.58. The van der Waals surface area contributed by atoms with E-state index in [4.69, 9.17) is 0 Å². The first-order chi connectivity index (χ1) is 6.27. The summed E-state index contributed by atoms with van der Waals surface area (Å²) in [6, 6.07) is 7.70. The lowest BCUT2D eigenvalue weighted by atomic mass is 10.2. The van der Waals surface area contributed by atoms with Crippen LogP contribution in [0.5, 0.6) is 0 Å². The highest BCUT2D eigenvalue weighted by Gasteiger charge is 2.17. The molecular weight excluding hydrogens is 186 g/mol. The van der Waals surface area contributed by atoms with Crippen LogP contribution in [0.4, 0.5) is 0 Å². The van der Waals surface area contributed by atoms with Crippen molar-refractivity contribution in [3.63, 3.8) is 0 Å². The maximum absolute atomic E-state index is 10.5. The van der Waals surface area contributed by atoms with E-state index in [2.05, 4.69) is 0 Å². The zero-order valence-electron chi connectivity index (χ0n) is 6.77. The third-order valence-electron chi connectivity index (χ3n) is 1.85. The molecule has 1 aromatic carbocycles. The Morgan fingerprint density at radius 2 is 2.15 bits per heavy atom. The molecule has 13 heavy (non-hydrogen) atoms. The van der Waals surface area contributed by atoms with Gasteiger partial charge >= 0.3 is 0 Å². The fourth-order valence-corrected chi connectivity index (χ4v) is 2.17. The van der Waals surface area contributed by atoms with Gasteiger partial charge in [0.25, 0.3) is 5.70 Å². The van der Waals surface area contributed by atoms with Crippen molar-refractivity contribution in [1.82, 2.24) is 0 Å². The molecule has 0 unspecified atom stereocenters. The molecule has 0 aromatic heterocycles. The predicted molar refractivity (Wildman–Crippen MR) is 52.1 cm³/mol. The summed E-state index contributed by atoms with van der Waals surface area (Å²) >= 11 is 1.52. The fraction of sp³-hybridized carbons (Fsp3) is 0.111. The van der Waals surface area contributed by atoms with E-state index in [1.54, 1.807) is 6.08 Å². The van der Waals surface area contributed by atoms with Crippen molar-refractivity contribution in [2.24, 2.45) is 0 Å². The molecule has 0 radical (unpaired) electrons. The largest absolute Gasteiger partial charge is 0.259 e. The van der Waals surface area contributed by atoms with Crippen molar-refractivity contribution in [2.45, 2.75) is 4.90 Å². The van der Waals surface area contributed by atoms with Gasteiger partial charge in [0.15, 0.2) is 0 Å². The standard InChI is InChI=1S/C9H7NO2S/c11-10(12)8-5-7-3-1-2-4-9(7)13-6-8/h1-5H,6H2. The third-order valence-corrected chi connectivity index (χ3v) is 2.97. The van der Waals surface area contributed by atoms with Crippen LogP contribution in [0.1, 0.15) is 5.56 Å². The van der Waals surface area contributed by atoms with Crippen molar-refractivity contribution in [2.75, 3.05) is 5.75 Å². The molecule has 0 aliphatic carbocycles. The van der Waals surface area contributed by atoms with Gasteiger partial charge in [0.1, 0.15) is 0 Å². The van der Waals surface area contributed by atoms with Crippen molar-refractivity contribution in [3.05, 3.63) is 45.6 Å². The molecule has 3 nitrogen and oxygen atoms in total. The van der Waals surface area contributed by atoms with Gasteiger partial charge in [0.05, 0.1) is 10.7 Å². The van der Waals surface area contributed by atoms with Gasteiger partial charge in [-0.15, -0.1) is 11.8 Å². The molecule has 0 fully saturated rings. The molecule has 0 amide bonds. The van der Waals surface area contributed by atoms with Gasteiger partial charge in [0, 0.05) is 11.0 Å². The molecule has 1 aliphatic rings. The number of hydrogen-bond donors (Lipinski definition) is 0. The minimum Gasteiger partial charge on any atom is -0.259 e. The molecule has 4 heteroatoms. The lowest BCUT2D eigenvalue weighted by Crippen LogP contribution is -2.04. The van der Waals surface area contributed by atoms with E-state index in [0.29, 0.717) is 5.75 Å². The summed E-state index contributed by atoms with van der Waals surface area (Å²) in [4.78, 5) is 11.3. The van der Waals surface area contributed by atoms with Crippen LogP contribution in [-0.2, 0) is 0 Å². The Kier molecular flexibility index (Phi) is 2.06. The zero-order chi connectivity index (χ0) is 9.26. The highest BCUT2D eigenvalue weighted by atomic mass is 32.2. The van der Waals surface area contributed by atoms with Crippen molar-refractivity contribution in [1.29, 1.82) is 0 Å². The molecule has 0 atom stereocenters. The molecule has 2 rings (SSSR count). The van der Waals surface area contributed by atoms with E-state index in [0.717, 1.165) is 10.5 Å². The highest BCUT2D eigenvalue weighted by Crippen LogP contribution is 2.31. The van der Waals surface area contributed by atoms with Crippen molar-refractivity contribution in [3.8, 4) is 0 Å². The Hall–Kier alpha value is -1.29. The average Bonchev–Trinajstić information content (AvgIpc) is 2.17. The molecule has 1 aliphatic heterocycles. The van der Waals surface area contributed by atoms with Gasteiger partial charge in [-0.2, -0.15) is 0 Å². The minimum absolute atomic E-state index is 0.281. The van der Waals surface area contributed by atoms with E-state index >= 15 is 0 Å². The van der Waals surface area contributed by atoms with Crippen LogP contribution in [0.25, 0.3) is 6.08 Å². The van der Waals surface area contributed by atoms with E-state index in [1.807, 2.05) is 24.3 Å². The van der Waals surface area contributed by atoms with Crippen LogP contribution in [0.15, 0.2) is 34.9 Å². The van der Waals surface area contributed by atoms with Gasteiger partial charge < -0.3 is 0 Å². The summed E-state index contributed by atoms with van der Waals surface area (Å²) in [6.45, 7) is 0. The van der Waals surface area contributed by atoms with Gasteiger partial charge in [-0.05, 0) is 11.6 Å². The smallest absolute Gasteiger partial charge is 0.257 e. The topological polar surface area (TPSA) is 43.1 Å². The second-order valence-corrected chi connectivity index (χ2v) is 3.74. The quantitative estimate of drug-likeness (QED) is 0.508. The monoisotopic (exact) mass is 193 g/mol. The predicted octanol–water partition coefficient (Wildman–Crippen LogP) is 2.41. The summed E-state index contributed by atoms with van der Waals surface area (Å²) in [5, 5.41) is 10.5. The van der Waals surface area contributed by atoms with E-state index in [1.165, 1.54) is 11.8 Å². The summed E-state index contributed by atoms with van der Waals surface area (Å²) in [5.41, 5.74) is 1.23. The normalized spacial score (nSPS) is 14.6. The first-order valence-corrected chi connectivity index (χ1v) is 4.83. The van der Waals surface area contributed by atoms with Crippen molar-refractivity contribution >= 4 is 17.8 Å². The van der Waals surface area contributed by atoms with Crippen LogP contribution in [0.2, 0.25) is 0 Å². The fourth-order valence-electron chi connectivity index (χ4n) is 1.21. The number of thioether (sulfide) groups is 1. The number of benzene rings is 1. The zero-order valence-corrected chi connectivity index (χ0v) is 7.58. The molecule has 0 N–H and O–H groups in total. The van der Waals surface area contributed by atoms with Gasteiger partial charge in [-0.3, -0.25) is 10.1 Å². The van der Waals surface area contributed by atoms with Crippen LogP contribution in [-0.4, -0.2) is 10.7 Å². The molecule has 66 valence electrons. The van der Waals surface area contributed by atoms with E-state index < -0.39 is 0 Å². The van der Waals surface area contributed by atoms with Crippen LogP contribution in [0, 0.1) is 10.1 Å². The average molecular weight is 193 g/mol. The molecule has 0 spiro atoms. The van der Waals surface area contributed by atoms with E-state index in [-0.39, 0.29) is 10.6 Å². The summed E-state index contributed by atoms with van der Waals surface area (Å²) in [5.74, 6) is 0.462. The lowest BCUT2D eigenvalue weighted by Gasteiger charge is -2.09.